The second kappa shape index (κ2) is 6.57. The van der Waals surface area contributed by atoms with Gasteiger partial charge in [0.2, 0.25) is 0 Å². The molecule has 2 aromatic rings. The second-order valence-corrected chi connectivity index (χ2v) is 5.33. The Hall–Kier alpha value is -1.32. The first-order chi connectivity index (χ1) is 8.83. The summed E-state index contributed by atoms with van der Waals surface area (Å²) in [5.41, 5.74) is 8.16. The number of thiophene rings is 1. The number of anilines is 1. The second-order valence-electron chi connectivity index (χ2n) is 4.30. The molecule has 18 heavy (non-hydrogen) atoms. The van der Waals surface area contributed by atoms with Crippen LogP contribution in [0.2, 0.25) is 0 Å². The zero-order valence-corrected chi connectivity index (χ0v) is 11.6. The lowest BCUT2D eigenvalue weighted by molar-refractivity contribution is 0.841. The van der Waals surface area contributed by atoms with Crippen LogP contribution in [0, 0.1) is 0 Å². The number of benzene rings is 1. The lowest BCUT2D eigenvalue weighted by atomic mass is 10.1. The molecule has 0 radical (unpaired) electrons. The highest BCUT2D eigenvalue weighted by molar-refractivity contribution is 7.09. The molecule has 1 aromatic carbocycles. The Morgan fingerprint density at radius 3 is 2.50 bits per heavy atom. The number of rotatable bonds is 6. The number of nitrogens with two attached hydrogens (primary N) is 1. The molecule has 0 aliphatic heterocycles. The average Bonchev–Trinajstić information content (AvgIpc) is 2.90. The summed E-state index contributed by atoms with van der Waals surface area (Å²) in [5.74, 6) is 0. The minimum atomic E-state index is 0.714. The zero-order valence-electron chi connectivity index (χ0n) is 10.8. The molecule has 0 atom stereocenters. The van der Waals surface area contributed by atoms with Crippen molar-refractivity contribution in [3.8, 4) is 0 Å². The van der Waals surface area contributed by atoms with E-state index in [-0.39, 0.29) is 0 Å². The van der Waals surface area contributed by atoms with Crippen LogP contribution in [0.3, 0.4) is 0 Å². The van der Waals surface area contributed by atoms with Crippen LogP contribution in [-0.4, -0.2) is 13.1 Å². The van der Waals surface area contributed by atoms with Crippen LogP contribution in [0.25, 0.3) is 0 Å². The molecule has 96 valence electrons. The average molecular weight is 260 g/mol. The van der Waals surface area contributed by atoms with Gasteiger partial charge in [0.05, 0.1) is 6.54 Å². The lowest BCUT2D eigenvalue weighted by Crippen LogP contribution is -2.21. The standard InChI is InChI=1S/C15H20N2S/c1-2-17(12-15-4-3-11-18-15)14-7-5-13(6-8-14)9-10-16/h3-8,11H,2,9-10,12,16H2,1H3. The van der Waals surface area contributed by atoms with Gasteiger partial charge >= 0.3 is 0 Å². The van der Waals surface area contributed by atoms with Crippen LogP contribution in [0.1, 0.15) is 17.4 Å². The van der Waals surface area contributed by atoms with Crippen molar-refractivity contribution in [1.82, 2.24) is 0 Å². The maximum atomic E-state index is 5.57. The maximum Gasteiger partial charge on any atom is 0.0522 e. The van der Waals surface area contributed by atoms with Crippen LogP contribution in [0.4, 0.5) is 5.69 Å². The van der Waals surface area contributed by atoms with E-state index in [1.165, 1.54) is 16.1 Å². The quantitative estimate of drug-likeness (QED) is 0.863. The topological polar surface area (TPSA) is 29.3 Å². The molecule has 0 bridgehead atoms. The van der Waals surface area contributed by atoms with E-state index in [9.17, 15) is 0 Å². The van der Waals surface area contributed by atoms with Gasteiger partial charge in [-0.25, -0.2) is 0 Å². The molecule has 2 rings (SSSR count). The van der Waals surface area contributed by atoms with Crippen LogP contribution in [-0.2, 0) is 13.0 Å². The highest BCUT2D eigenvalue weighted by Crippen LogP contribution is 2.20. The van der Waals surface area contributed by atoms with Crippen LogP contribution in [0.5, 0.6) is 0 Å². The van der Waals surface area contributed by atoms with Gasteiger partial charge in [-0.15, -0.1) is 11.3 Å². The predicted molar refractivity (Wildman–Crippen MR) is 80.2 cm³/mol. The Balaban J connectivity index is 2.07. The molecule has 0 unspecified atom stereocenters. The van der Waals surface area contributed by atoms with E-state index in [0.717, 1.165) is 19.5 Å². The molecule has 0 aliphatic carbocycles. The van der Waals surface area contributed by atoms with E-state index >= 15 is 0 Å². The van der Waals surface area contributed by atoms with Gasteiger partial charge in [-0.2, -0.15) is 0 Å². The van der Waals surface area contributed by atoms with Crippen molar-refractivity contribution < 1.29 is 0 Å². The fourth-order valence-corrected chi connectivity index (χ4v) is 2.74. The third-order valence-corrected chi connectivity index (χ3v) is 3.90. The number of nitrogens with zero attached hydrogens (tertiary/aromatic N) is 1. The minimum absolute atomic E-state index is 0.714. The summed E-state index contributed by atoms with van der Waals surface area (Å²) in [4.78, 5) is 3.79. The minimum Gasteiger partial charge on any atom is -0.367 e. The van der Waals surface area contributed by atoms with Crippen molar-refractivity contribution in [2.75, 3.05) is 18.0 Å². The Kier molecular flexibility index (Phi) is 4.79. The fourth-order valence-electron chi connectivity index (χ4n) is 2.02. The molecule has 0 aliphatic rings. The van der Waals surface area contributed by atoms with E-state index < -0.39 is 0 Å². The molecule has 0 saturated heterocycles. The summed E-state index contributed by atoms with van der Waals surface area (Å²) in [7, 11) is 0. The molecule has 3 heteroatoms. The van der Waals surface area contributed by atoms with E-state index in [4.69, 9.17) is 5.73 Å². The summed E-state index contributed by atoms with van der Waals surface area (Å²) in [6, 6.07) is 13.1. The van der Waals surface area contributed by atoms with Gasteiger partial charge in [0.1, 0.15) is 0 Å². The summed E-state index contributed by atoms with van der Waals surface area (Å²) in [6.45, 7) is 4.92. The third-order valence-electron chi connectivity index (χ3n) is 3.04. The normalized spacial score (nSPS) is 10.6. The molecule has 0 saturated carbocycles. The highest BCUT2D eigenvalue weighted by atomic mass is 32.1. The molecular weight excluding hydrogens is 240 g/mol. The van der Waals surface area contributed by atoms with E-state index in [0.29, 0.717) is 6.54 Å². The zero-order chi connectivity index (χ0) is 12.8. The van der Waals surface area contributed by atoms with Crippen molar-refractivity contribution in [1.29, 1.82) is 0 Å². The summed E-state index contributed by atoms with van der Waals surface area (Å²) in [5, 5.41) is 2.13. The van der Waals surface area contributed by atoms with Crippen molar-refractivity contribution in [2.24, 2.45) is 5.73 Å². The molecule has 0 amide bonds. The largest absolute Gasteiger partial charge is 0.367 e. The van der Waals surface area contributed by atoms with E-state index in [2.05, 4.69) is 53.6 Å². The van der Waals surface area contributed by atoms with Crippen molar-refractivity contribution in [3.63, 3.8) is 0 Å². The van der Waals surface area contributed by atoms with Gasteiger partial charge in [0, 0.05) is 17.1 Å². The molecule has 1 heterocycles. The fraction of sp³-hybridized carbons (Fsp3) is 0.333. The van der Waals surface area contributed by atoms with E-state index in [1.807, 2.05) is 11.3 Å². The van der Waals surface area contributed by atoms with Crippen LogP contribution >= 0.6 is 11.3 Å². The lowest BCUT2D eigenvalue weighted by Gasteiger charge is -2.22. The van der Waals surface area contributed by atoms with Gasteiger partial charge in [0.25, 0.3) is 0 Å². The molecule has 2 nitrogen and oxygen atoms in total. The first-order valence-electron chi connectivity index (χ1n) is 6.40. The van der Waals surface area contributed by atoms with Gasteiger partial charge in [-0.1, -0.05) is 18.2 Å². The van der Waals surface area contributed by atoms with Gasteiger partial charge in [-0.3, -0.25) is 0 Å². The summed E-state index contributed by atoms with van der Waals surface area (Å²) >= 11 is 1.81. The third kappa shape index (κ3) is 3.34. The Labute approximate surface area is 113 Å². The number of hydrogen-bond acceptors (Lipinski definition) is 3. The molecule has 1 aromatic heterocycles. The van der Waals surface area contributed by atoms with Crippen LogP contribution < -0.4 is 10.6 Å². The number of hydrogen-bond donors (Lipinski definition) is 1. The van der Waals surface area contributed by atoms with Gasteiger partial charge in [0.15, 0.2) is 0 Å². The van der Waals surface area contributed by atoms with E-state index in [1.54, 1.807) is 0 Å². The molecular formula is C15H20N2S. The predicted octanol–water partition coefficient (Wildman–Crippen LogP) is 3.28. The summed E-state index contributed by atoms with van der Waals surface area (Å²) in [6.07, 6.45) is 0.956. The smallest absolute Gasteiger partial charge is 0.0522 e. The Morgan fingerprint density at radius 1 is 1.17 bits per heavy atom. The van der Waals surface area contributed by atoms with Crippen molar-refractivity contribution >= 4 is 17.0 Å². The highest BCUT2D eigenvalue weighted by Gasteiger charge is 2.05. The van der Waals surface area contributed by atoms with Gasteiger partial charge < -0.3 is 10.6 Å². The van der Waals surface area contributed by atoms with Gasteiger partial charge in [-0.05, 0) is 49.0 Å². The molecule has 2 N–H and O–H groups in total. The Bertz CT molecular complexity index is 448. The maximum absolute atomic E-state index is 5.57. The SMILES string of the molecule is CCN(Cc1cccs1)c1ccc(CCN)cc1. The van der Waals surface area contributed by atoms with Crippen molar-refractivity contribution in [3.05, 3.63) is 52.2 Å². The van der Waals surface area contributed by atoms with Crippen LogP contribution in [0.15, 0.2) is 41.8 Å². The molecule has 0 fully saturated rings. The monoisotopic (exact) mass is 260 g/mol. The first-order valence-corrected chi connectivity index (χ1v) is 7.27. The first kappa shape index (κ1) is 13.1. The molecule has 0 spiro atoms. The summed E-state index contributed by atoms with van der Waals surface area (Å²) < 4.78 is 0. The van der Waals surface area contributed by atoms with Crippen molar-refractivity contribution in [2.45, 2.75) is 19.9 Å². The Morgan fingerprint density at radius 2 is 1.94 bits per heavy atom.